The van der Waals surface area contributed by atoms with Crippen molar-refractivity contribution in [3.05, 3.63) is 0 Å². The van der Waals surface area contributed by atoms with Crippen molar-refractivity contribution in [2.45, 2.75) is 38.6 Å². The minimum Gasteiger partial charge on any atom is -0.380 e. The Morgan fingerprint density at radius 2 is 2.25 bits per heavy atom. The van der Waals surface area contributed by atoms with Crippen LogP contribution in [0.15, 0.2) is 0 Å². The SMILES string of the molecule is CCC1(C)CN(CCOCC2CC2)CCN1. The van der Waals surface area contributed by atoms with Crippen LogP contribution in [0, 0.1) is 5.92 Å². The molecule has 0 aromatic rings. The Morgan fingerprint density at radius 3 is 2.94 bits per heavy atom. The van der Waals surface area contributed by atoms with E-state index >= 15 is 0 Å². The molecule has 3 nitrogen and oxygen atoms in total. The highest BCUT2D eigenvalue weighted by Crippen LogP contribution is 2.28. The van der Waals surface area contributed by atoms with Crippen LogP contribution in [0.3, 0.4) is 0 Å². The predicted molar refractivity (Wildman–Crippen MR) is 66.7 cm³/mol. The summed E-state index contributed by atoms with van der Waals surface area (Å²) >= 11 is 0. The molecule has 16 heavy (non-hydrogen) atoms. The number of nitrogens with zero attached hydrogens (tertiary/aromatic N) is 1. The quantitative estimate of drug-likeness (QED) is 0.694. The molecule has 1 aliphatic carbocycles. The largest absolute Gasteiger partial charge is 0.380 e. The van der Waals surface area contributed by atoms with Crippen LogP contribution in [-0.2, 0) is 4.74 Å². The van der Waals surface area contributed by atoms with Crippen LogP contribution >= 0.6 is 0 Å². The van der Waals surface area contributed by atoms with Crippen LogP contribution in [0.5, 0.6) is 0 Å². The highest BCUT2D eigenvalue weighted by molar-refractivity contribution is 4.89. The minimum absolute atomic E-state index is 0.314. The van der Waals surface area contributed by atoms with E-state index in [9.17, 15) is 0 Å². The molecule has 1 saturated carbocycles. The van der Waals surface area contributed by atoms with Crippen LogP contribution in [0.2, 0.25) is 0 Å². The molecule has 2 fully saturated rings. The molecule has 1 atom stereocenters. The van der Waals surface area contributed by atoms with E-state index in [1.807, 2.05) is 0 Å². The molecule has 1 aliphatic heterocycles. The zero-order chi connectivity index (χ0) is 11.4. The van der Waals surface area contributed by atoms with Gasteiger partial charge in [-0.25, -0.2) is 0 Å². The molecule has 0 spiro atoms. The molecule has 94 valence electrons. The van der Waals surface area contributed by atoms with Crippen molar-refractivity contribution in [1.29, 1.82) is 0 Å². The van der Waals surface area contributed by atoms with Crippen LogP contribution in [0.4, 0.5) is 0 Å². The van der Waals surface area contributed by atoms with Gasteiger partial charge in [0.15, 0.2) is 0 Å². The third-order valence-electron chi connectivity index (χ3n) is 3.94. The fraction of sp³-hybridized carbons (Fsp3) is 1.00. The van der Waals surface area contributed by atoms with Gasteiger partial charge in [-0.05, 0) is 32.1 Å². The zero-order valence-corrected chi connectivity index (χ0v) is 10.8. The second-order valence-electron chi connectivity index (χ2n) is 5.64. The first kappa shape index (κ1) is 12.3. The molecule has 0 radical (unpaired) electrons. The van der Waals surface area contributed by atoms with E-state index in [0.29, 0.717) is 5.54 Å². The normalized spacial score (nSPS) is 31.9. The number of rotatable bonds is 6. The monoisotopic (exact) mass is 226 g/mol. The standard InChI is InChI=1S/C13H26N2O/c1-3-13(2)11-15(7-6-14-13)8-9-16-10-12-4-5-12/h12,14H,3-11H2,1-2H3. The molecular weight excluding hydrogens is 200 g/mol. The summed E-state index contributed by atoms with van der Waals surface area (Å²) in [7, 11) is 0. The van der Waals surface area contributed by atoms with Gasteiger partial charge < -0.3 is 10.1 Å². The summed E-state index contributed by atoms with van der Waals surface area (Å²) in [4.78, 5) is 2.53. The lowest BCUT2D eigenvalue weighted by Crippen LogP contribution is -2.58. The molecule has 1 saturated heterocycles. The van der Waals surface area contributed by atoms with Gasteiger partial charge in [0.05, 0.1) is 6.61 Å². The summed E-state index contributed by atoms with van der Waals surface area (Å²) in [5.41, 5.74) is 0.314. The molecule has 2 aliphatic rings. The van der Waals surface area contributed by atoms with Crippen molar-refractivity contribution < 1.29 is 4.74 Å². The Hall–Kier alpha value is -0.120. The van der Waals surface area contributed by atoms with Crippen LogP contribution in [0.1, 0.15) is 33.1 Å². The fourth-order valence-corrected chi connectivity index (χ4v) is 2.30. The van der Waals surface area contributed by atoms with E-state index in [0.717, 1.165) is 38.8 Å². The lowest BCUT2D eigenvalue weighted by Gasteiger charge is -2.41. The van der Waals surface area contributed by atoms with Crippen molar-refractivity contribution in [2.75, 3.05) is 39.4 Å². The van der Waals surface area contributed by atoms with Crippen LogP contribution in [-0.4, -0.2) is 49.8 Å². The van der Waals surface area contributed by atoms with Gasteiger partial charge in [-0.2, -0.15) is 0 Å². The van der Waals surface area contributed by atoms with Gasteiger partial charge in [0.25, 0.3) is 0 Å². The topological polar surface area (TPSA) is 24.5 Å². The molecule has 0 amide bonds. The molecule has 0 aromatic carbocycles. The van der Waals surface area contributed by atoms with E-state index < -0.39 is 0 Å². The fourth-order valence-electron chi connectivity index (χ4n) is 2.30. The lowest BCUT2D eigenvalue weighted by molar-refractivity contribution is 0.0709. The van der Waals surface area contributed by atoms with Crippen molar-refractivity contribution in [3.63, 3.8) is 0 Å². The van der Waals surface area contributed by atoms with Crippen molar-refractivity contribution in [1.82, 2.24) is 10.2 Å². The number of hydrogen-bond acceptors (Lipinski definition) is 3. The first-order chi connectivity index (χ1) is 7.72. The molecular formula is C13H26N2O. The summed E-state index contributed by atoms with van der Waals surface area (Å²) in [5, 5.41) is 3.61. The lowest BCUT2D eigenvalue weighted by atomic mass is 9.96. The van der Waals surface area contributed by atoms with Gasteiger partial charge in [0.1, 0.15) is 0 Å². The van der Waals surface area contributed by atoms with Gasteiger partial charge in [-0.15, -0.1) is 0 Å². The highest BCUT2D eigenvalue weighted by Gasteiger charge is 2.28. The number of piperazine rings is 1. The molecule has 1 heterocycles. The smallest absolute Gasteiger partial charge is 0.0593 e. The Kier molecular flexibility index (Phi) is 4.22. The summed E-state index contributed by atoms with van der Waals surface area (Å²) in [6, 6.07) is 0. The Morgan fingerprint density at radius 1 is 1.44 bits per heavy atom. The van der Waals surface area contributed by atoms with E-state index in [4.69, 9.17) is 4.74 Å². The van der Waals surface area contributed by atoms with Gasteiger partial charge >= 0.3 is 0 Å². The van der Waals surface area contributed by atoms with E-state index in [1.54, 1.807) is 0 Å². The molecule has 0 bridgehead atoms. The van der Waals surface area contributed by atoms with Gasteiger partial charge in [-0.1, -0.05) is 6.92 Å². The third-order valence-corrected chi connectivity index (χ3v) is 3.94. The van der Waals surface area contributed by atoms with Crippen molar-refractivity contribution in [3.8, 4) is 0 Å². The molecule has 3 heteroatoms. The first-order valence-electron chi connectivity index (χ1n) is 6.77. The van der Waals surface area contributed by atoms with E-state index in [1.165, 1.54) is 25.8 Å². The van der Waals surface area contributed by atoms with E-state index in [2.05, 4.69) is 24.1 Å². The molecule has 1 unspecified atom stereocenters. The maximum Gasteiger partial charge on any atom is 0.0593 e. The third kappa shape index (κ3) is 3.72. The number of hydrogen-bond donors (Lipinski definition) is 1. The Bertz CT molecular complexity index is 218. The zero-order valence-electron chi connectivity index (χ0n) is 10.8. The minimum atomic E-state index is 0.314. The summed E-state index contributed by atoms with van der Waals surface area (Å²) in [5.74, 6) is 0.893. The average Bonchev–Trinajstić information content (AvgIpc) is 3.09. The molecule has 0 aromatic heterocycles. The summed E-state index contributed by atoms with van der Waals surface area (Å²) < 4.78 is 5.70. The second-order valence-corrected chi connectivity index (χ2v) is 5.64. The summed E-state index contributed by atoms with van der Waals surface area (Å²) in [6.07, 6.45) is 3.98. The van der Waals surface area contributed by atoms with Crippen LogP contribution in [0.25, 0.3) is 0 Å². The number of nitrogens with one attached hydrogen (secondary N) is 1. The van der Waals surface area contributed by atoms with Crippen LogP contribution < -0.4 is 5.32 Å². The highest BCUT2D eigenvalue weighted by atomic mass is 16.5. The average molecular weight is 226 g/mol. The van der Waals surface area contributed by atoms with Gasteiger partial charge in [-0.3, -0.25) is 4.90 Å². The van der Waals surface area contributed by atoms with Crippen molar-refractivity contribution in [2.24, 2.45) is 5.92 Å². The number of ether oxygens (including phenoxy) is 1. The Labute approximate surface area is 99.5 Å². The first-order valence-corrected chi connectivity index (χ1v) is 6.77. The maximum absolute atomic E-state index is 5.70. The van der Waals surface area contributed by atoms with Gasteiger partial charge in [0, 0.05) is 38.3 Å². The molecule has 1 N–H and O–H groups in total. The second kappa shape index (κ2) is 5.48. The predicted octanol–water partition coefficient (Wildman–Crippen LogP) is 1.49. The maximum atomic E-state index is 5.70. The summed E-state index contributed by atoms with van der Waals surface area (Å²) in [6.45, 7) is 11.0. The molecule has 2 rings (SSSR count). The van der Waals surface area contributed by atoms with E-state index in [-0.39, 0.29) is 0 Å². The van der Waals surface area contributed by atoms with Gasteiger partial charge in [0.2, 0.25) is 0 Å². The van der Waals surface area contributed by atoms with Crippen molar-refractivity contribution >= 4 is 0 Å². The Balaban J connectivity index is 1.60.